The van der Waals surface area contributed by atoms with Crippen LogP contribution in [0.2, 0.25) is 0 Å². The quantitative estimate of drug-likeness (QED) is 0.398. The van der Waals surface area contributed by atoms with Crippen molar-refractivity contribution in [2.24, 2.45) is 5.84 Å². The second-order valence-electron chi connectivity index (χ2n) is 1.29. The molecule has 8 heavy (non-hydrogen) atoms. The molecule has 0 aromatic carbocycles. The Morgan fingerprint density at radius 2 is 2.62 bits per heavy atom. The fourth-order valence-electron chi connectivity index (χ4n) is 0.404. The van der Waals surface area contributed by atoms with Gasteiger partial charge in [0, 0.05) is 6.20 Å². The fourth-order valence-corrected chi connectivity index (χ4v) is 0.404. The van der Waals surface area contributed by atoms with E-state index in [-0.39, 0.29) is 0 Å². The van der Waals surface area contributed by atoms with Crippen LogP contribution >= 0.6 is 0 Å². The minimum atomic E-state index is 0.632. The Balaban J connectivity index is 2.83. The molecule has 3 heteroatoms. The van der Waals surface area contributed by atoms with Gasteiger partial charge in [-0.3, -0.25) is 0 Å². The smallest absolute Gasteiger partial charge is 0.140 e. The van der Waals surface area contributed by atoms with Gasteiger partial charge in [0.2, 0.25) is 0 Å². The number of pyridine rings is 1. The molecule has 1 heterocycles. The van der Waals surface area contributed by atoms with Crippen LogP contribution in [0.3, 0.4) is 0 Å². The number of aromatic nitrogens is 1. The van der Waals surface area contributed by atoms with Gasteiger partial charge >= 0.3 is 0 Å². The maximum absolute atomic E-state index is 5.02. The number of nitrogens with zero attached hydrogens (tertiary/aromatic N) is 1. The second-order valence-corrected chi connectivity index (χ2v) is 1.29. The van der Waals surface area contributed by atoms with E-state index < -0.39 is 0 Å². The molecule has 0 bridgehead atoms. The summed E-state index contributed by atoms with van der Waals surface area (Å²) < 4.78 is 0. The molecule has 0 fully saturated rings. The minimum Gasteiger partial charge on any atom is -0.308 e. The zero-order valence-electron chi connectivity index (χ0n) is 4.26. The molecular formula is C5H6N3. The van der Waals surface area contributed by atoms with Crippen molar-refractivity contribution < 1.29 is 0 Å². The Bertz CT molecular complexity index is 149. The van der Waals surface area contributed by atoms with Crippen molar-refractivity contribution in [1.82, 2.24) is 4.98 Å². The van der Waals surface area contributed by atoms with Crippen molar-refractivity contribution in [1.29, 1.82) is 0 Å². The number of anilines is 1. The Morgan fingerprint density at radius 1 is 1.75 bits per heavy atom. The monoisotopic (exact) mass is 108 g/mol. The van der Waals surface area contributed by atoms with Gasteiger partial charge in [-0.2, -0.15) is 0 Å². The third-order valence-electron chi connectivity index (χ3n) is 0.752. The Kier molecular flexibility index (Phi) is 1.44. The summed E-state index contributed by atoms with van der Waals surface area (Å²) in [6.07, 6.45) is 1.62. The van der Waals surface area contributed by atoms with Crippen molar-refractivity contribution in [3.63, 3.8) is 0 Å². The Hall–Kier alpha value is -1.09. The molecule has 0 saturated carbocycles. The number of hydrogen-bond donors (Lipinski definition) is 2. The second kappa shape index (κ2) is 2.28. The lowest BCUT2D eigenvalue weighted by Gasteiger charge is -1.92. The Labute approximate surface area is 47.5 Å². The average Bonchev–Trinajstić information content (AvgIpc) is 1.90. The van der Waals surface area contributed by atoms with E-state index in [0.29, 0.717) is 5.82 Å². The summed E-state index contributed by atoms with van der Waals surface area (Å²) in [6.45, 7) is 0. The molecule has 0 aliphatic rings. The first-order valence-electron chi connectivity index (χ1n) is 2.22. The highest BCUT2D eigenvalue weighted by Gasteiger charge is 1.80. The van der Waals surface area contributed by atoms with E-state index in [9.17, 15) is 0 Å². The number of hydrogen-bond acceptors (Lipinski definition) is 3. The molecule has 3 N–H and O–H groups in total. The van der Waals surface area contributed by atoms with Gasteiger partial charge in [0.1, 0.15) is 5.82 Å². The molecule has 0 aliphatic heterocycles. The lowest BCUT2D eigenvalue weighted by atomic mass is 10.5. The van der Waals surface area contributed by atoms with Crippen molar-refractivity contribution in [3.05, 3.63) is 24.4 Å². The zero-order valence-corrected chi connectivity index (χ0v) is 4.26. The van der Waals surface area contributed by atoms with Gasteiger partial charge in [0.15, 0.2) is 0 Å². The van der Waals surface area contributed by atoms with E-state index in [4.69, 9.17) is 5.84 Å². The van der Waals surface area contributed by atoms with Crippen LogP contribution in [0, 0.1) is 6.07 Å². The summed E-state index contributed by atoms with van der Waals surface area (Å²) in [6, 6.07) is 6.18. The number of nitrogens with two attached hydrogens (primary N) is 1. The molecule has 0 atom stereocenters. The summed E-state index contributed by atoms with van der Waals surface area (Å²) in [5.41, 5.74) is 2.38. The summed E-state index contributed by atoms with van der Waals surface area (Å²) in [5, 5.41) is 0. The van der Waals surface area contributed by atoms with Crippen LogP contribution in [-0.4, -0.2) is 4.98 Å². The number of rotatable bonds is 1. The van der Waals surface area contributed by atoms with Crippen LogP contribution in [0.15, 0.2) is 18.3 Å². The standard InChI is InChI=1S/C5H6N3/c6-8-5-3-1-2-4-7-5/h2-4H,6H2,(H,7,8). The highest BCUT2D eigenvalue weighted by molar-refractivity contribution is 5.30. The van der Waals surface area contributed by atoms with E-state index in [1.54, 1.807) is 18.3 Å². The van der Waals surface area contributed by atoms with Crippen LogP contribution in [0.1, 0.15) is 0 Å². The molecule has 41 valence electrons. The van der Waals surface area contributed by atoms with E-state index in [1.165, 1.54) is 0 Å². The SMILES string of the molecule is NNc1c[c]ccn1. The summed E-state index contributed by atoms with van der Waals surface area (Å²) in [5.74, 6) is 5.65. The van der Waals surface area contributed by atoms with Crippen molar-refractivity contribution >= 4 is 5.82 Å². The van der Waals surface area contributed by atoms with Gasteiger partial charge in [0.25, 0.3) is 0 Å². The topological polar surface area (TPSA) is 50.9 Å². The van der Waals surface area contributed by atoms with E-state index in [2.05, 4.69) is 16.5 Å². The predicted molar refractivity (Wildman–Crippen MR) is 30.9 cm³/mol. The van der Waals surface area contributed by atoms with Crippen LogP contribution in [0.25, 0.3) is 0 Å². The minimum absolute atomic E-state index is 0.632. The molecule has 1 aromatic heterocycles. The predicted octanol–water partition coefficient (Wildman–Crippen LogP) is 0.167. The summed E-state index contributed by atoms with van der Waals surface area (Å²) >= 11 is 0. The van der Waals surface area contributed by atoms with Gasteiger partial charge < -0.3 is 5.43 Å². The summed E-state index contributed by atoms with van der Waals surface area (Å²) in [4.78, 5) is 3.83. The maximum atomic E-state index is 5.02. The zero-order chi connectivity index (χ0) is 5.82. The molecule has 0 unspecified atom stereocenters. The van der Waals surface area contributed by atoms with Gasteiger partial charge in [-0.05, 0) is 18.2 Å². The molecular weight excluding hydrogens is 102 g/mol. The van der Waals surface area contributed by atoms with Gasteiger partial charge in [-0.1, -0.05) is 0 Å². The van der Waals surface area contributed by atoms with E-state index in [0.717, 1.165) is 0 Å². The van der Waals surface area contributed by atoms with Crippen LogP contribution < -0.4 is 11.3 Å². The molecule has 0 saturated heterocycles. The van der Waals surface area contributed by atoms with Crippen LogP contribution in [-0.2, 0) is 0 Å². The highest BCUT2D eigenvalue weighted by Crippen LogP contribution is 1.93. The molecule has 3 nitrogen and oxygen atoms in total. The number of nitrogens with one attached hydrogen (secondary N) is 1. The Morgan fingerprint density at radius 3 is 3.00 bits per heavy atom. The highest BCUT2D eigenvalue weighted by atomic mass is 15.2. The maximum Gasteiger partial charge on any atom is 0.140 e. The average molecular weight is 108 g/mol. The third kappa shape index (κ3) is 0.946. The van der Waals surface area contributed by atoms with Crippen molar-refractivity contribution in [3.8, 4) is 0 Å². The van der Waals surface area contributed by atoms with Crippen LogP contribution in [0.4, 0.5) is 5.82 Å². The van der Waals surface area contributed by atoms with E-state index in [1.807, 2.05) is 0 Å². The number of nitrogen functional groups attached to an aromatic ring is 1. The lowest BCUT2D eigenvalue weighted by molar-refractivity contribution is 1.23. The number of hydrazine groups is 1. The molecule has 0 spiro atoms. The first kappa shape index (κ1) is 5.05. The largest absolute Gasteiger partial charge is 0.308 e. The van der Waals surface area contributed by atoms with Crippen LogP contribution in [0.5, 0.6) is 0 Å². The van der Waals surface area contributed by atoms with Crippen molar-refractivity contribution in [2.45, 2.75) is 0 Å². The first-order chi connectivity index (χ1) is 3.93. The molecule has 1 aromatic rings. The lowest BCUT2D eigenvalue weighted by Crippen LogP contribution is -2.07. The van der Waals surface area contributed by atoms with Gasteiger partial charge in [-0.25, -0.2) is 10.8 Å². The normalized spacial score (nSPS) is 8.62. The van der Waals surface area contributed by atoms with Gasteiger partial charge in [0.05, 0.1) is 0 Å². The molecule has 1 radical (unpaired) electrons. The molecule has 0 aliphatic carbocycles. The third-order valence-corrected chi connectivity index (χ3v) is 0.752. The first-order valence-corrected chi connectivity index (χ1v) is 2.22. The molecule has 0 amide bonds. The molecule has 1 rings (SSSR count). The van der Waals surface area contributed by atoms with E-state index >= 15 is 0 Å². The fraction of sp³-hybridized carbons (Fsp3) is 0. The summed E-state index contributed by atoms with van der Waals surface area (Å²) in [7, 11) is 0. The van der Waals surface area contributed by atoms with Gasteiger partial charge in [-0.15, -0.1) is 0 Å². The van der Waals surface area contributed by atoms with Crippen molar-refractivity contribution in [2.75, 3.05) is 5.43 Å².